The standard InChI is InChI=1S/C16H25N3O/c17-14-18-8-5-11-20-16-7-4-6-15(12-16)13-19-9-2-1-3-10-19/h4,6-7,12,14H,1-3,5,8-11,13H2,(H2,17,18). The van der Waals surface area contributed by atoms with Crippen molar-refractivity contribution in [1.29, 1.82) is 0 Å². The molecule has 110 valence electrons. The molecule has 0 aromatic heterocycles. The van der Waals surface area contributed by atoms with Gasteiger partial charge in [-0.2, -0.15) is 0 Å². The smallest absolute Gasteiger partial charge is 0.119 e. The Morgan fingerprint density at radius 3 is 2.90 bits per heavy atom. The fourth-order valence-electron chi connectivity index (χ4n) is 2.53. The van der Waals surface area contributed by atoms with Gasteiger partial charge in [-0.3, -0.25) is 9.89 Å². The van der Waals surface area contributed by atoms with Crippen LogP contribution in [0.2, 0.25) is 0 Å². The molecular formula is C16H25N3O. The summed E-state index contributed by atoms with van der Waals surface area (Å²) in [6, 6.07) is 8.43. The Morgan fingerprint density at radius 1 is 1.25 bits per heavy atom. The topological polar surface area (TPSA) is 50.9 Å². The second-order valence-corrected chi connectivity index (χ2v) is 5.24. The number of benzene rings is 1. The van der Waals surface area contributed by atoms with Crippen LogP contribution in [0, 0.1) is 0 Å². The van der Waals surface area contributed by atoms with E-state index in [9.17, 15) is 0 Å². The minimum atomic E-state index is 0.685. The SMILES string of the molecule is NC=NCCCOc1cccc(CN2CCCCC2)c1. The average molecular weight is 275 g/mol. The van der Waals surface area contributed by atoms with Crippen LogP contribution >= 0.6 is 0 Å². The third kappa shape index (κ3) is 5.21. The molecule has 0 spiro atoms. The van der Waals surface area contributed by atoms with Crippen molar-refractivity contribution in [3.63, 3.8) is 0 Å². The lowest BCUT2D eigenvalue weighted by Gasteiger charge is -2.26. The maximum absolute atomic E-state index is 5.75. The summed E-state index contributed by atoms with van der Waals surface area (Å²) in [5.74, 6) is 0.955. The molecule has 1 heterocycles. The van der Waals surface area contributed by atoms with Gasteiger partial charge in [0.1, 0.15) is 5.75 Å². The summed E-state index contributed by atoms with van der Waals surface area (Å²) in [6.07, 6.45) is 6.28. The summed E-state index contributed by atoms with van der Waals surface area (Å²) in [6.45, 7) is 4.90. The summed E-state index contributed by atoms with van der Waals surface area (Å²) in [5, 5.41) is 0. The van der Waals surface area contributed by atoms with Crippen LogP contribution in [0.4, 0.5) is 0 Å². The van der Waals surface area contributed by atoms with Crippen LogP contribution < -0.4 is 10.5 Å². The van der Waals surface area contributed by atoms with Crippen LogP contribution in [0.1, 0.15) is 31.2 Å². The molecule has 0 saturated carbocycles. The van der Waals surface area contributed by atoms with Gasteiger partial charge in [-0.25, -0.2) is 0 Å². The highest BCUT2D eigenvalue weighted by Crippen LogP contribution is 2.17. The van der Waals surface area contributed by atoms with Crippen LogP contribution in [-0.4, -0.2) is 37.5 Å². The first kappa shape index (κ1) is 14.9. The Morgan fingerprint density at radius 2 is 2.10 bits per heavy atom. The molecule has 0 atom stereocenters. The predicted molar refractivity (Wildman–Crippen MR) is 83.2 cm³/mol. The summed E-state index contributed by atoms with van der Waals surface area (Å²) < 4.78 is 5.75. The number of rotatable bonds is 7. The lowest BCUT2D eigenvalue weighted by Crippen LogP contribution is -2.29. The van der Waals surface area contributed by atoms with Gasteiger partial charge < -0.3 is 10.5 Å². The zero-order valence-electron chi connectivity index (χ0n) is 12.1. The van der Waals surface area contributed by atoms with Gasteiger partial charge in [0.05, 0.1) is 12.9 Å². The quantitative estimate of drug-likeness (QED) is 0.472. The van der Waals surface area contributed by atoms with Gasteiger partial charge in [0.25, 0.3) is 0 Å². The largest absolute Gasteiger partial charge is 0.494 e. The predicted octanol–water partition coefficient (Wildman–Crippen LogP) is 2.43. The summed E-state index contributed by atoms with van der Waals surface area (Å²) in [5.41, 5.74) is 6.53. The molecule has 4 nitrogen and oxygen atoms in total. The van der Waals surface area contributed by atoms with Crippen LogP contribution in [0.5, 0.6) is 5.75 Å². The number of likely N-dealkylation sites (tertiary alicyclic amines) is 1. The summed E-state index contributed by atoms with van der Waals surface area (Å²) in [7, 11) is 0. The van der Waals surface area contributed by atoms with E-state index < -0.39 is 0 Å². The number of hydrogen-bond acceptors (Lipinski definition) is 3. The second-order valence-electron chi connectivity index (χ2n) is 5.24. The van der Waals surface area contributed by atoms with E-state index in [1.54, 1.807) is 0 Å². The van der Waals surface area contributed by atoms with Gasteiger partial charge in [-0.05, 0) is 43.6 Å². The number of piperidine rings is 1. The fraction of sp³-hybridized carbons (Fsp3) is 0.562. The molecule has 1 aliphatic rings. The molecule has 0 amide bonds. The van der Waals surface area contributed by atoms with Crippen LogP contribution in [-0.2, 0) is 6.54 Å². The van der Waals surface area contributed by atoms with E-state index in [1.165, 1.54) is 44.3 Å². The minimum Gasteiger partial charge on any atom is -0.494 e. The average Bonchev–Trinajstić information content (AvgIpc) is 2.48. The Balaban J connectivity index is 1.77. The molecule has 2 rings (SSSR count). The van der Waals surface area contributed by atoms with Crippen LogP contribution in [0.3, 0.4) is 0 Å². The number of aliphatic imine (C=N–C) groups is 1. The van der Waals surface area contributed by atoms with E-state index in [-0.39, 0.29) is 0 Å². The van der Waals surface area contributed by atoms with Crippen molar-refractivity contribution in [3.8, 4) is 5.75 Å². The maximum Gasteiger partial charge on any atom is 0.119 e. The highest BCUT2D eigenvalue weighted by molar-refractivity contribution is 5.50. The van der Waals surface area contributed by atoms with E-state index in [1.807, 2.05) is 6.07 Å². The molecule has 0 bridgehead atoms. The van der Waals surface area contributed by atoms with Crippen molar-refractivity contribution >= 4 is 6.34 Å². The molecule has 1 saturated heterocycles. The number of ether oxygens (including phenoxy) is 1. The Hall–Kier alpha value is -1.55. The number of nitrogens with two attached hydrogens (primary N) is 1. The first-order valence-corrected chi connectivity index (χ1v) is 7.52. The van der Waals surface area contributed by atoms with E-state index >= 15 is 0 Å². The maximum atomic E-state index is 5.75. The first-order valence-electron chi connectivity index (χ1n) is 7.52. The molecule has 0 aliphatic carbocycles. The van der Waals surface area contributed by atoms with E-state index in [0.717, 1.165) is 25.3 Å². The van der Waals surface area contributed by atoms with Gasteiger partial charge in [0.15, 0.2) is 0 Å². The third-order valence-corrected chi connectivity index (χ3v) is 3.56. The van der Waals surface area contributed by atoms with Crippen molar-refractivity contribution in [2.45, 2.75) is 32.2 Å². The van der Waals surface area contributed by atoms with Gasteiger partial charge in [-0.1, -0.05) is 18.6 Å². The van der Waals surface area contributed by atoms with Gasteiger partial charge in [0, 0.05) is 19.5 Å². The summed E-state index contributed by atoms with van der Waals surface area (Å²) in [4.78, 5) is 6.49. The zero-order valence-corrected chi connectivity index (χ0v) is 12.1. The Kier molecular flexibility index (Phi) is 6.38. The molecule has 2 N–H and O–H groups in total. The molecule has 1 aliphatic heterocycles. The van der Waals surface area contributed by atoms with Crippen molar-refractivity contribution in [3.05, 3.63) is 29.8 Å². The van der Waals surface area contributed by atoms with Gasteiger partial charge in [0.2, 0.25) is 0 Å². The number of nitrogens with zero attached hydrogens (tertiary/aromatic N) is 2. The molecule has 1 aromatic carbocycles. The molecule has 20 heavy (non-hydrogen) atoms. The van der Waals surface area contributed by atoms with Gasteiger partial charge >= 0.3 is 0 Å². The fourth-order valence-corrected chi connectivity index (χ4v) is 2.53. The normalized spacial score (nSPS) is 16.6. The molecular weight excluding hydrogens is 250 g/mol. The van der Waals surface area contributed by atoms with Crippen molar-refractivity contribution in [1.82, 2.24) is 4.90 Å². The third-order valence-electron chi connectivity index (χ3n) is 3.56. The molecule has 0 unspecified atom stereocenters. The zero-order chi connectivity index (χ0) is 14.0. The number of hydrogen-bond donors (Lipinski definition) is 1. The lowest BCUT2D eigenvalue weighted by molar-refractivity contribution is 0.220. The van der Waals surface area contributed by atoms with Crippen LogP contribution in [0.15, 0.2) is 29.3 Å². The molecule has 1 aromatic rings. The lowest BCUT2D eigenvalue weighted by atomic mass is 10.1. The van der Waals surface area contributed by atoms with E-state index in [0.29, 0.717) is 6.61 Å². The second kappa shape index (κ2) is 8.59. The molecule has 0 radical (unpaired) electrons. The van der Waals surface area contributed by atoms with Crippen molar-refractivity contribution in [2.24, 2.45) is 10.7 Å². The van der Waals surface area contributed by atoms with Gasteiger partial charge in [-0.15, -0.1) is 0 Å². The first-order chi connectivity index (χ1) is 9.88. The summed E-state index contributed by atoms with van der Waals surface area (Å²) >= 11 is 0. The minimum absolute atomic E-state index is 0.685. The monoisotopic (exact) mass is 275 g/mol. The van der Waals surface area contributed by atoms with Crippen LogP contribution in [0.25, 0.3) is 0 Å². The Labute approximate surface area is 121 Å². The van der Waals surface area contributed by atoms with Crippen molar-refractivity contribution < 1.29 is 4.74 Å². The van der Waals surface area contributed by atoms with E-state index in [4.69, 9.17) is 10.5 Å². The highest BCUT2D eigenvalue weighted by atomic mass is 16.5. The highest BCUT2D eigenvalue weighted by Gasteiger charge is 2.10. The molecule has 4 heteroatoms. The van der Waals surface area contributed by atoms with Crippen molar-refractivity contribution in [2.75, 3.05) is 26.2 Å². The molecule has 1 fully saturated rings. The Bertz CT molecular complexity index is 414. The van der Waals surface area contributed by atoms with E-state index in [2.05, 4.69) is 28.1 Å².